The summed E-state index contributed by atoms with van der Waals surface area (Å²) in [5.74, 6) is 2.58. The molecule has 3 aromatic rings. The lowest BCUT2D eigenvalue weighted by Gasteiger charge is -2.23. The van der Waals surface area contributed by atoms with Crippen molar-refractivity contribution in [2.24, 2.45) is 0 Å². The van der Waals surface area contributed by atoms with Crippen molar-refractivity contribution >= 4 is 11.6 Å². The standard InChI is InChI=1S/C20H23N7/c1-15-7-8-18(25-24-15)26-10-5-11-27(13-12-26)19-14-16(2)22-20(23-19)17-6-3-4-9-21-17/h3-4,6-9,14H,5,10-13H2,1-2H3. The first-order valence-electron chi connectivity index (χ1n) is 9.26. The van der Waals surface area contributed by atoms with Crippen LogP contribution in [-0.2, 0) is 0 Å². The summed E-state index contributed by atoms with van der Waals surface area (Å²) in [6, 6.07) is 11.9. The van der Waals surface area contributed by atoms with Gasteiger partial charge in [-0.15, -0.1) is 5.10 Å². The normalized spacial score (nSPS) is 14.9. The van der Waals surface area contributed by atoms with Gasteiger partial charge in [-0.3, -0.25) is 4.98 Å². The third kappa shape index (κ3) is 4.02. The van der Waals surface area contributed by atoms with E-state index in [2.05, 4.69) is 30.0 Å². The number of aryl methyl sites for hydroxylation is 2. The summed E-state index contributed by atoms with van der Waals surface area (Å²) in [7, 11) is 0. The molecule has 0 radical (unpaired) electrons. The van der Waals surface area contributed by atoms with Gasteiger partial charge in [0.15, 0.2) is 11.6 Å². The smallest absolute Gasteiger partial charge is 0.180 e. The second-order valence-electron chi connectivity index (χ2n) is 6.77. The molecule has 0 aliphatic carbocycles. The summed E-state index contributed by atoms with van der Waals surface area (Å²) in [6.07, 6.45) is 2.81. The number of nitrogens with zero attached hydrogens (tertiary/aromatic N) is 7. The van der Waals surface area contributed by atoms with Crippen LogP contribution in [0.25, 0.3) is 11.5 Å². The van der Waals surface area contributed by atoms with Crippen molar-refractivity contribution in [1.29, 1.82) is 0 Å². The molecule has 4 rings (SSSR count). The van der Waals surface area contributed by atoms with Gasteiger partial charge >= 0.3 is 0 Å². The monoisotopic (exact) mass is 361 g/mol. The molecule has 0 unspecified atom stereocenters. The minimum Gasteiger partial charge on any atom is -0.355 e. The van der Waals surface area contributed by atoms with Gasteiger partial charge in [-0.25, -0.2) is 9.97 Å². The Kier molecular flexibility index (Phi) is 4.91. The Labute approximate surface area is 159 Å². The first-order chi connectivity index (χ1) is 13.2. The Balaban J connectivity index is 1.54. The molecule has 3 aromatic heterocycles. The first kappa shape index (κ1) is 17.3. The molecule has 1 fully saturated rings. The van der Waals surface area contributed by atoms with Gasteiger partial charge in [-0.05, 0) is 44.5 Å². The summed E-state index contributed by atoms with van der Waals surface area (Å²) < 4.78 is 0. The van der Waals surface area contributed by atoms with E-state index in [1.807, 2.05) is 50.2 Å². The SMILES string of the molecule is Cc1ccc(N2CCCN(c3cc(C)nc(-c4ccccn4)n3)CC2)nn1. The molecule has 0 atom stereocenters. The van der Waals surface area contributed by atoms with Gasteiger partial charge < -0.3 is 9.80 Å². The quantitative estimate of drug-likeness (QED) is 0.710. The fourth-order valence-electron chi connectivity index (χ4n) is 3.26. The molecule has 4 heterocycles. The van der Waals surface area contributed by atoms with E-state index in [9.17, 15) is 0 Å². The molecule has 1 aliphatic heterocycles. The maximum absolute atomic E-state index is 4.78. The van der Waals surface area contributed by atoms with Crippen LogP contribution >= 0.6 is 0 Å². The third-order valence-corrected chi connectivity index (χ3v) is 4.66. The van der Waals surface area contributed by atoms with Crippen LogP contribution in [-0.4, -0.2) is 51.3 Å². The van der Waals surface area contributed by atoms with Crippen molar-refractivity contribution in [2.45, 2.75) is 20.3 Å². The van der Waals surface area contributed by atoms with Crippen LogP contribution in [0.3, 0.4) is 0 Å². The molecule has 0 amide bonds. The van der Waals surface area contributed by atoms with E-state index < -0.39 is 0 Å². The van der Waals surface area contributed by atoms with Crippen molar-refractivity contribution in [1.82, 2.24) is 25.1 Å². The lowest BCUT2D eigenvalue weighted by Crippen LogP contribution is -2.31. The fourth-order valence-corrected chi connectivity index (χ4v) is 3.26. The van der Waals surface area contributed by atoms with Gasteiger partial charge in [0.05, 0.1) is 5.69 Å². The maximum atomic E-state index is 4.78. The molecule has 0 N–H and O–H groups in total. The van der Waals surface area contributed by atoms with Crippen molar-refractivity contribution in [3.8, 4) is 11.5 Å². The Morgan fingerprint density at radius 1 is 0.778 bits per heavy atom. The molecule has 7 nitrogen and oxygen atoms in total. The van der Waals surface area contributed by atoms with Crippen LogP contribution in [0.4, 0.5) is 11.6 Å². The highest BCUT2D eigenvalue weighted by molar-refractivity contribution is 5.54. The summed E-state index contributed by atoms with van der Waals surface area (Å²) >= 11 is 0. The van der Waals surface area contributed by atoms with Gasteiger partial charge in [0.25, 0.3) is 0 Å². The number of pyridine rings is 1. The predicted octanol–water partition coefficient (Wildman–Crippen LogP) is 2.66. The second kappa shape index (κ2) is 7.65. The Hall–Kier alpha value is -3.09. The molecule has 0 saturated carbocycles. The zero-order chi connectivity index (χ0) is 18.6. The maximum Gasteiger partial charge on any atom is 0.180 e. The topological polar surface area (TPSA) is 70.9 Å². The molecule has 0 bridgehead atoms. The molecule has 1 aliphatic rings. The number of hydrogen-bond donors (Lipinski definition) is 0. The minimum absolute atomic E-state index is 0.677. The van der Waals surface area contributed by atoms with E-state index >= 15 is 0 Å². The van der Waals surface area contributed by atoms with E-state index in [4.69, 9.17) is 4.98 Å². The van der Waals surface area contributed by atoms with Crippen LogP contribution < -0.4 is 9.80 Å². The minimum atomic E-state index is 0.677. The zero-order valence-electron chi connectivity index (χ0n) is 15.7. The van der Waals surface area contributed by atoms with E-state index in [0.717, 1.165) is 61.3 Å². The predicted molar refractivity (Wildman–Crippen MR) is 106 cm³/mol. The summed E-state index contributed by atoms with van der Waals surface area (Å²) in [5, 5.41) is 8.52. The van der Waals surface area contributed by atoms with Gasteiger partial charge in [0.1, 0.15) is 11.5 Å². The lowest BCUT2D eigenvalue weighted by atomic mass is 10.3. The highest BCUT2D eigenvalue weighted by Gasteiger charge is 2.18. The molecular weight excluding hydrogens is 338 g/mol. The van der Waals surface area contributed by atoms with Crippen LogP contribution in [0.15, 0.2) is 42.6 Å². The summed E-state index contributed by atoms with van der Waals surface area (Å²) in [5.41, 5.74) is 2.69. The molecule has 1 saturated heterocycles. The van der Waals surface area contributed by atoms with Gasteiger partial charge in [0.2, 0.25) is 0 Å². The van der Waals surface area contributed by atoms with Crippen LogP contribution in [0.2, 0.25) is 0 Å². The van der Waals surface area contributed by atoms with Gasteiger partial charge in [-0.2, -0.15) is 5.10 Å². The number of anilines is 2. The van der Waals surface area contributed by atoms with Crippen molar-refractivity contribution < 1.29 is 0 Å². The van der Waals surface area contributed by atoms with Crippen LogP contribution in [0, 0.1) is 13.8 Å². The molecule has 27 heavy (non-hydrogen) atoms. The van der Waals surface area contributed by atoms with Crippen molar-refractivity contribution in [3.05, 3.63) is 54.0 Å². The molecule has 138 valence electrons. The zero-order valence-corrected chi connectivity index (χ0v) is 15.7. The van der Waals surface area contributed by atoms with Gasteiger partial charge in [-0.1, -0.05) is 6.07 Å². The fraction of sp³-hybridized carbons (Fsp3) is 0.350. The van der Waals surface area contributed by atoms with E-state index in [1.165, 1.54) is 0 Å². The van der Waals surface area contributed by atoms with Crippen LogP contribution in [0.5, 0.6) is 0 Å². The van der Waals surface area contributed by atoms with Crippen molar-refractivity contribution in [3.63, 3.8) is 0 Å². The molecular formula is C20H23N7. The van der Waals surface area contributed by atoms with Gasteiger partial charge in [0, 0.05) is 44.1 Å². The average Bonchev–Trinajstić information content (AvgIpc) is 2.95. The average molecular weight is 361 g/mol. The van der Waals surface area contributed by atoms with Crippen molar-refractivity contribution in [2.75, 3.05) is 36.0 Å². The lowest BCUT2D eigenvalue weighted by molar-refractivity contribution is 0.782. The largest absolute Gasteiger partial charge is 0.355 e. The highest BCUT2D eigenvalue weighted by Crippen LogP contribution is 2.21. The van der Waals surface area contributed by atoms with E-state index in [1.54, 1.807) is 6.20 Å². The van der Waals surface area contributed by atoms with E-state index in [-0.39, 0.29) is 0 Å². The molecule has 0 aromatic carbocycles. The molecule has 7 heteroatoms. The number of aromatic nitrogens is 5. The third-order valence-electron chi connectivity index (χ3n) is 4.66. The second-order valence-corrected chi connectivity index (χ2v) is 6.77. The Morgan fingerprint density at radius 2 is 1.59 bits per heavy atom. The Bertz CT molecular complexity index is 896. The molecule has 0 spiro atoms. The van der Waals surface area contributed by atoms with E-state index in [0.29, 0.717) is 5.82 Å². The van der Waals surface area contributed by atoms with Crippen LogP contribution in [0.1, 0.15) is 17.8 Å². The first-order valence-corrected chi connectivity index (χ1v) is 9.26. The summed E-state index contributed by atoms with van der Waals surface area (Å²) in [4.78, 5) is 18.3. The Morgan fingerprint density at radius 3 is 2.30 bits per heavy atom. The summed E-state index contributed by atoms with van der Waals surface area (Å²) in [6.45, 7) is 7.65. The highest BCUT2D eigenvalue weighted by atomic mass is 15.3. The number of hydrogen-bond acceptors (Lipinski definition) is 7. The number of rotatable bonds is 3.